The maximum absolute atomic E-state index is 13.3. The average Bonchev–Trinajstić information content (AvgIpc) is 2.59. The molecule has 2 aromatic rings. The molecule has 0 radical (unpaired) electrons. The van der Waals surface area contributed by atoms with Crippen LogP contribution in [0, 0.1) is 5.82 Å². The Morgan fingerprint density at radius 1 is 1.00 bits per heavy atom. The highest BCUT2D eigenvalue weighted by Gasteiger charge is 2.33. The van der Waals surface area contributed by atoms with Crippen molar-refractivity contribution in [2.24, 2.45) is 0 Å². The standard InChI is InChI=1S/C19H21FO4/c1-11-9-13-10-15(21-2)18(22-3)19(23-4)16(13)17(24-11)12-5-7-14(20)8-6-12/h5-8,10-11,17H,9H2,1-4H3/t11-,17+/m1/s1. The first kappa shape index (κ1) is 16.6. The highest BCUT2D eigenvalue weighted by Crippen LogP contribution is 2.49. The summed E-state index contributed by atoms with van der Waals surface area (Å²) in [6.45, 7) is 2.02. The lowest BCUT2D eigenvalue weighted by atomic mass is 9.89. The van der Waals surface area contributed by atoms with Gasteiger partial charge in [-0.3, -0.25) is 0 Å². The third kappa shape index (κ3) is 2.80. The van der Waals surface area contributed by atoms with Gasteiger partial charge in [-0.25, -0.2) is 4.39 Å². The highest BCUT2D eigenvalue weighted by molar-refractivity contribution is 5.62. The second-order valence-corrected chi connectivity index (χ2v) is 5.80. The molecule has 1 aliphatic heterocycles. The molecule has 24 heavy (non-hydrogen) atoms. The summed E-state index contributed by atoms with van der Waals surface area (Å²) in [7, 11) is 4.77. The number of benzene rings is 2. The van der Waals surface area contributed by atoms with Crippen LogP contribution in [-0.4, -0.2) is 27.4 Å². The molecule has 0 bridgehead atoms. The van der Waals surface area contributed by atoms with Crippen LogP contribution in [0.4, 0.5) is 4.39 Å². The third-order valence-electron chi connectivity index (χ3n) is 4.26. The zero-order chi connectivity index (χ0) is 17.3. The summed E-state index contributed by atoms with van der Waals surface area (Å²) in [6, 6.07) is 8.30. The van der Waals surface area contributed by atoms with E-state index in [4.69, 9.17) is 18.9 Å². The molecular formula is C19H21FO4. The van der Waals surface area contributed by atoms with Gasteiger partial charge in [0.05, 0.1) is 27.4 Å². The van der Waals surface area contributed by atoms with E-state index in [2.05, 4.69) is 0 Å². The van der Waals surface area contributed by atoms with Crippen molar-refractivity contribution in [1.82, 2.24) is 0 Å². The Morgan fingerprint density at radius 3 is 2.25 bits per heavy atom. The van der Waals surface area contributed by atoms with E-state index in [0.29, 0.717) is 17.2 Å². The molecule has 4 nitrogen and oxygen atoms in total. The minimum Gasteiger partial charge on any atom is -0.493 e. The van der Waals surface area contributed by atoms with Gasteiger partial charge in [-0.1, -0.05) is 12.1 Å². The number of rotatable bonds is 4. The lowest BCUT2D eigenvalue weighted by Gasteiger charge is -2.33. The lowest BCUT2D eigenvalue weighted by molar-refractivity contribution is 0.00555. The molecule has 0 amide bonds. The van der Waals surface area contributed by atoms with Gasteiger partial charge in [0.15, 0.2) is 11.5 Å². The Labute approximate surface area is 141 Å². The van der Waals surface area contributed by atoms with Gasteiger partial charge >= 0.3 is 0 Å². The minimum absolute atomic E-state index is 0.0235. The molecule has 1 aliphatic rings. The van der Waals surface area contributed by atoms with Crippen LogP contribution in [0.15, 0.2) is 30.3 Å². The van der Waals surface area contributed by atoms with Crippen molar-refractivity contribution < 1.29 is 23.3 Å². The van der Waals surface area contributed by atoms with Gasteiger partial charge in [0.25, 0.3) is 0 Å². The summed E-state index contributed by atoms with van der Waals surface area (Å²) in [6.07, 6.45) is 0.415. The third-order valence-corrected chi connectivity index (χ3v) is 4.26. The molecule has 2 atom stereocenters. The van der Waals surface area contributed by atoms with Gasteiger partial charge < -0.3 is 18.9 Å². The number of fused-ring (bicyclic) bond motifs is 1. The molecule has 0 spiro atoms. The Balaban J connectivity index is 2.21. The van der Waals surface area contributed by atoms with E-state index in [9.17, 15) is 4.39 Å². The summed E-state index contributed by atoms with van der Waals surface area (Å²) in [5.41, 5.74) is 2.85. The van der Waals surface area contributed by atoms with E-state index in [-0.39, 0.29) is 18.0 Å². The van der Waals surface area contributed by atoms with Crippen molar-refractivity contribution in [1.29, 1.82) is 0 Å². The minimum atomic E-state index is -0.348. The van der Waals surface area contributed by atoms with Crippen LogP contribution in [-0.2, 0) is 11.2 Å². The summed E-state index contributed by atoms with van der Waals surface area (Å²) >= 11 is 0. The van der Waals surface area contributed by atoms with Gasteiger partial charge in [-0.05, 0) is 42.7 Å². The number of ether oxygens (including phenoxy) is 4. The van der Waals surface area contributed by atoms with Gasteiger partial charge in [-0.15, -0.1) is 0 Å². The largest absolute Gasteiger partial charge is 0.493 e. The molecule has 3 rings (SSSR count). The van der Waals surface area contributed by atoms with E-state index in [1.165, 1.54) is 12.1 Å². The van der Waals surface area contributed by atoms with Crippen LogP contribution >= 0.6 is 0 Å². The number of methoxy groups -OCH3 is 3. The average molecular weight is 332 g/mol. The molecule has 2 aromatic carbocycles. The van der Waals surface area contributed by atoms with Crippen LogP contribution in [0.3, 0.4) is 0 Å². The van der Waals surface area contributed by atoms with Crippen LogP contribution < -0.4 is 14.2 Å². The number of hydrogen-bond donors (Lipinski definition) is 0. The maximum Gasteiger partial charge on any atom is 0.203 e. The van der Waals surface area contributed by atoms with Gasteiger partial charge in [-0.2, -0.15) is 0 Å². The fraction of sp³-hybridized carbons (Fsp3) is 0.368. The van der Waals surface area contributed by atoms with E-state index in [1.807, 2.05) is 13.0 Å². The van der Waals surface area contributed by atoms with Gasteiger partial charge in [0, 0.05) is 5.56 Å². The van der Waals surface area contributed by atoms with Crippen molar-refractivity contribution in [3.63, 3.8) is 0 Å². The fourth-order valence-electron chi connectivity index (χ4n) is 3.23. The Bertz CT molecular complexity index is 727. The maximum atomic E-state index is 13.3. The zero-order valence-corrected chi connectivity index (χ0v) is 14.3. The normalized spacial score (nSPS) is 19.5. The Hall–Kier alpha value is -2.27. The number of halogens is 1. The molecule has 0 saturated carbocycles. The molecule has 1 heterocycles. The Kier molecular flexibility index (Phi) is 4.62. The number of hydrogen-bond acceptors (Lipinski definition) is 4. The van der Waals surface area contributed by atoms with E-state index in [1.54, 1.807) is 33.5 Å². The summed E-state index contributed by atoms with van der Waals surface area (Å²) in [4.78, 5) is 0. The van der Waals surface area contributed by atoms with Crippen molar-refractivity contribution >= 4 is 0 Å². The smallest absolute Gasteiger partial charge is 0.203 e. The predicted octanol–water partition coefficient (Wildman–Crippen LogP) is 3.90. The molecule has 0 N–H and O–H groups in total. The second-order valence-electron chi connectivity index (χ2n) is 5.80. The van der Waals surface area contributed by atoms with Crippen molar-refractivity contribution in [2.45, 2.75) is 25.6 Å². The van der Waals surface area contributed by atoms with Gasteiger partial charge in [0.1, 0.15) is 11.9 Å². The predicted molar refractivity (Wildman–Crippen MR) is 88.6 cm³/mol. The summed E-state index contributed by atoms with van der Waals surface area (Å²) in [5.74, 6) is 1.47. The fourth-order valence-corrected chi connectivity index (χ4v) is 3.23. The second kappa shape index (κ2) is 6.69. The van der Waals surface area contributed by atoms with Crippen LogP contribution in [0.25, 0.3) is 0 Å². The van der Waals surface area contributed by atoms with E-state index >= 15 is 0 Å². The van der Waals surface area contributed by atoms with Crippen molar-refractivity contribution in [2.75, 3.05) is 21.3 Å². The quantitative estimate of drug-likeness (QED) is 0.851. The van der Waals surface area contributed by atoms with E-state index < -0.39 is 0 Å². The van der Waals surface area contributed by atoms with Crippen LogP contribution in [0.1, 0.15) is 29.7 Å². The first-order valence-electron chi connectivity index (χ1n) is 7.81. The molecule has 0 aromatic heterocycles. The Morgan fingerprint density at radius 2 is 1.67 bits per heavy atom. The van der Waals surface area contributed by atoms with E-state index in [0.717, 1.165) is 23.1 Å². The highest BCUT2D eigenvalue weighted by atomic mass is 19.1. The molecular weight excluding hydrogens is 311 g/mol. The SMILES string of the molecule is COc1cc2c(c(OC)c1OC)[C@H](c1ccc(F)cc1)O[C@H](C)C2. The van der Waals surface area contributed by atoms with Crippen molar-refractivity contribution in [3.05, 3.63) is 52.8 Å². The van der Waals surface area contributed by atoms with Crippen LogP contribution in [0.5, 0.6) is 17.2 Å². The van der Waals surface area contributed by atoms with Crippen LogP contribution in [0.2, 0.25) is 0 Å². The summed E-state index contributed by atoms with van der Waals surface area (Å²) < 4.78 is 36.0. The molecule has 0 unspecified atom stereocenters. The lowest BCUT2D eigenvalue weighted by Crippen LogP contribution is -2.25. The molecule has 0 saturated heterocycles. The molecule has 0 fully saturated rings. The summed E-state index contributed by atoms with van der Waals surface area (Å²) in [5, 5.41) is 0. The molecule has 0 aliphatic carbocycles. The first-order chi connectivity index (χ1) is 11.6. The zero-order valence-electron chi connectivity index (χ0n) is 14.3. The topological polar surface area (TPSA) is 36.9 Å². The molecule has 5 heteroatoms. The monoisotopic (exact) mass is 332 g/mol. The van der Waals surface area contributed by atoms with Crippen molar-refractivity contribution in [3.8, 4) is 17.2 Å². The first-order valence-corrected chi connectivity index (χ1v) is 7.81. The molecule has 128 valence electrons. The van der Waals surface area contributed by atoms with Gasteiger partial charge in [0.2, 0.25) is 5.75 Å².